The number of aromatic nitrogens is 2. The van der Waals surface area contributed by atoms with Crippen molar-refractivity contribution in [3.8, 4) is 0 Å². The third-order valence-corrected chi connectivity index (χ3v) is 4.19. The minimum atomic E-state index is 0.294. The average Bonchev–Trinajstić information content (AvgIpc) is 2.93. The molecule has 0 aliphatic rings. The summed E-state index contributed by atoms with van der Waals surface area (Å²) in [6.07, 6.45) is 8.48. The monoisotopic (exact) mass is 293 g/mol. The standard InChI is InChI=1S/C17H31N3O/c1-4-6-15(9-11-18)7-8-17(21)13-16-10-12-20(19-16)14(3)5-2/h10,12,14-15H,4-9,11,13,18H2,1-3H3. The van der Waals surface area contributed by atoms with Crippen LogP contribution in [-0.4, -0.2) is 22.1 Å². The van der Waals surface area contributed by atoms with Crippen LogP contribution in [0.1, 0.15) is 71.0 Å². The van der Waals surface area contributed by atoms with Crippen molar-refractivity contribution in [3.63, 3.8) is 0 Å². The normalized spacial score (nSPS) is 14.1. The predicted molar refractivity (Wildman–Crippen MR) is 87.2 cm³/mol. The van der Waals surface area contributed by atoms with Crippen molar-refractivity contribution in [3.05, 3.63) is 18.0 Å². The second-order valence-electron chi connectivity index (χ2n) is 6.03. The van der Waals surface area contributed by atoms with Gasteiger partial charge in [-0.15, -0.1) is 0 Å². The number of carbonyl (C=O) groups is 1. The summed E-state index contributed by atoms with van der Waals surface area (Å²) in [7, 11) is 0. The number of rotatable bonds is 11. The van der Waals surface area contributed by atoms with Gasteiger partial charge in [0, 0.05) is 18.7 Å². The predicted octanol–water partition coefficient (Wildman–Crippen LogP) is 3.51. The highest BCUT2D eigenvalue weighted by atomic mass is 16.1. The summed E-state index contributed by atoms with van der Waals surface area (Å²) in [5.74, 6) is 0.893. The molecule has 0 bridgehead atoms. The molecule has 2 unspecified atom stereocenters. The Balaban J connectivity index is 2.40. The highest BCUT2D eigenvalue weighted by Crippen LogP contribution is 2.18. The Morgan fingerprint density at radius 3 is 2.71 bits per heavy atom. The van der Waals surface area contributed by atoms with Gasteiger partial charge in [-0.25, -0.2) is 0 Å². The number of hydrogen-bond acceptors (Lipinski definition) is 3. The molecule has 2 atom stereocenters. The van der Waals surface area contributed by atoms with Crippen LogP contribution in [0.5, 0.6) is 0 Å². The van der Waals surface area contributed by atoms with Gasteiger partial charge in [0.25, 0.3) is 0 Å². The summed E-state index contributed by atoms with van der Waals surface area (Å²) in [4.78, 5) is 12.1. The van der Waals surface area contributed by atoms with E-state index in [1.807, 2.05) is 16.9 Å². The van der Waals surface area contributed by atoms with Crippen LogP contribution in [-0.2, 0) is 11.2 Å². The second kappa shape index (κ2) is 9.72. The van der Waals surface area contributed by atoms with Gasteiger partial charge < -0.3 is 5.73 Å². The molecule has 4 nitrogen and oxygen atoms in total. The number of hydrogen-bond donors (Lipinski definition) is 1. The van der Waals surface area contributed by atoms with Crippen LogP contribution in [0.3, 0.4) is 0 Å². The maximum Gasteiger partial charge on any atom is 0.138 e. The summed E-state index contributed by atoms with van der Waals surface area (Å²) in [6.45, 7) is 7.19. The first-order chi connectivity index (χ1) is 10.1. The molecule has 1 rings (SSSR count). The first-order valence-electron chi connectivity index (χ1n) is 8.36. The molecule has 1 heterocycles. The molecular weight excluding hydrogens is 262 g/mol. The molecule has 0 radical (unpaired) electrons. The number of Topliss-reactive ketones (excluding diaryl/α,β-unsaturated/α-hetero) is 1. The minimum Gasteiger partial charge on any atom is -0.330 e. The van der Waals surface area contributed by atoms with Crippen LogP contribution in [0.4, 0.5) is 0 Å². The van der Waals surface area contributed by atoms with E-state index < -0.39 is 0 Å². The summed E-state index contributed by atoms with van der Waals surface area (Å²) < 4.78 is 1.96. The molecule has 0 amide bonds. The number of ketones is 1. The van der Waals surface area contributed by atoms with E-state index in [2.05, 4.69) is 25.9 Å². The van der Waals surface area contributed by atoms with E-state index in [-0.39, 0.29) is 0 Å². The molecule has 0 aliphatic heterocycles. The van der Waals surface area contributed by atoms with Crippen LogP contribution >= 0.6 is 0 Å². The van der Waals surface area contributed by atoms with E-state index in [1.54, 1.807) is 0 Å². The molecule has 0 aliphatic carbocycles. The third kappa shape index (κ3) is 6.42. The Labute approximate surface area is 129 Å². The van der Waals surface area contributed by atoms with E-state index in [1.165, 1.54) is 6.42 Å². The lowest BCUT2D eigenvalue weighted by molar-refractivity contribution is -0.118. The Bertz CT molecular complexity index is 408. The lowest BCUT2D eigenvalue weighted by atomic mass is 9.93. The Kier molecular flexibility index (Phi) is 8.28. The molecule has 4 heteroatoms. The quantitative estimate of drug-likeness (QED) is 0.679. The van der Waals surface area contributed by atoms with Crippen molar-refractivity contribution in [1.82, 2.24) is 9.78 Å². The van der Waals surface area contributed by atoms with Gasteiger partial charge in [0.2, 0.25) is 0 Å². The summed E-state index contributed by atoms with van der Waals surface area (Å²) in [6, 6.07) is 2.36. The zero-order chi connectivity index (χ0) is 15.7. The molecule has 0 saturated carbocycles. The largest absolute Gasteiger partial charge is 0.330 e. The van der Waals surface area contributed by atoms with Crippen LogP contribution < -0.4 is 5.73 Å². The van der Waals surface area contributed by atoms with Crippen molar-refractivity contribution in [1.29, 1.82) is 0 Å². The van der Waals surface area contributed by atoms with Crippen LogP contribution in [0.15, 0.2) is 12.3 Å². The van der Waals surface area contributed by atoms with Gasteiger partial charge in [0.1, 0.15) is 5.78 Å². The summed E-state index contributed by atoms with van der Waals surface area (Å²) >= 11 is 0. The molecule has 0 saturated heterocycles. The van der Waals surface area contributed by atoms with E-state index in [0.29, 0.717) is 30.6 Å². The van der Waals surface area contributed by atoms with Gasteiger partial charge in [-0.05, 0) is 44.7 Å². The fourth-order valence-corrected chi connectivity index (χ4v) is 2.64. The summed E-state index contributed by atoms with van der Waals surface area (Å²) in [5.41, 5.74) is 6.53. The van der Waals surface area contributed by atoms with Crippen molar-refractivity contribution < 1.29 is 4.79 Å². The van der Waals surface area contributed by atoms with Gasteiger partial charge in [-0.3, -0.25) is 9.48 Å². The fourth-order valence-electron chi connectivity index (χ4n) is 2.64. The van der Waals surface area contributed by atoms with E-state index in [0.717, 1.165) is 37.9 Å². The van der Waals surface area contributed by atoms with Crippen LogP contribution in [0, 0.1) is 5.92 Å². The van der Waals surface area contributed by atoms with E-state index in [9.17, 15) is 4.79 Å². The maximum absolute atomic E-state index is 12.1. The van der Waals surface area contributed by atoms with Crippen molar-refractivity contribution in [2.75, 3.05) is 6.54 Å². The van der Waals surface area contributed by atoms with Gasteiger partial charge in [0.15, 0.2) is 0 Å². The van der Waals surface area contributed by atoms with Gasteiger partial charge >= 0.3 is 0 Å². The Morgan fingerprint density at radius 1 is 1.33 bits per heavy atom. The van der Waals surface area contributed by atoms with Gasteiger partial charge in [-0.2, -0.15) is 5.10 Å². The van der Waals surface area contributed by atoms with Crippen molar-refractivity contribution in [2.24, 2.45) is 11.7 Å². The van der Waals surface area contributed by atoms with Gasteiger partial charge in [-0.1, -0.05) is 26.7 Å². The third-order valence-electron chi connectivity index (χ3n) is 4.19. The molecule has 0 spiro atoms. The average molecular weight is 293 g/mol. The zero-order valence-corrected chi connectivity index (χ0v) is 13.8. The number of carbonyl (C=O) groups excluding carboxylic acids is 1. The molecule has 0 fully saturated rings. The first kappa shape index (κ1) is 17.9. The Hall–Kier alpha value is -1.16. The highest BCUT2D eigenvalue weighted by molar-refractivity contribution is 5.80. The lowest BCUT2D eigenvalue weighted by Crippen LogP contribution is -2.12. The maximum atomic E-state index is 12.1. The highest BCUT2D eigenvalue weighted by Gasteiger charge is 2.12. The van der Waals surface area contributed by atoms with Gasteiger partial charge in [0.05, 0.1) is 12.1 Å². The zero-order valence-electron chi connectivity index (χ0n) is 13.8. The molecular formula is C17H31N3O. The number of nitrogens with two attached hydrogens (primary N) is 1. The molecule has 0 aromatic carbocycles. The Morgan fingerprint density at radius 2 is 2.10 bits per heavy atom. The van der Waals surface area contributed by atoms with Crippen LogP contribution in [0.25, 0.3) is 0 Å². The van der Waals surface area contributed by atoms with E-state index in [4.69, 9.17) is 5.73 Å². The molecule has 120 valence electrons. The fraction of sp³-hybridized carbons (Fsp3) is 0.765. The van der Waals surface area contributed by atoms with Crippen molar-refractivity contribution in [2.45, 2.75) is 71.8 Å². The molecule has 2 N–H and O–H groups in total. The summed E-state index contributed by atoms with van der Waals surface area (Å²) in [5, 5.41) is 4.50. The first-order valence-corrected chi connectivity index (χ1v) is 8.36. The molecule has 21 heavy (non-hydrogen) atoms. The number of nitrogens with zero attached hydrogens (tertiary/aromatic N) is 2. The minimum absolute atomic E-state index is 0.294. The molecule has 1 aromatic heterocycles. The smallest absolute Gasteiger partial charge is 0.138 e. The topological polar surface area (TPSA) is 60.9 Å². The molecule has 1 aromatic rings. The SMILES string of the molecule is CCCC(CCN)CCC(=O)Cc1ccn(C(C)CC)n1. The lowest BCUT2D eigenvalue weighted by Gasteiger charge is -2.14. The van der Waals surface area contributed by atoms with Crippen molar-refractivity contribution >= 4 is 5.78 Å². The van der Waals surface area contributed by atoms with Crippen LogP contribution in [0.2, 0.25) is 0 Å². The second-order valence-corrected chi connectivity index (χ2v) is 6.03. The van der Waals surface area contributed by atoms with E-state index >= 15 is 0 Å².